The molecule has 0 bridgehead atoms. The summed E-state index contributed by atoms with van der Waals surface area (Å²) in [6, 6.07) is 2.14. The highest BCUT2D eigenvalue weighted by atomic mass is 32.2. The van der Waals surface area contributed by atoms with Gasteiger partial charge in [-0.25, -0.2) is 4.79 Å². The summed E-state index contributed by atoms with van der Waals surface area (Å²) in [7, 11) is 1.13. The molecule has 2 atom stereocenters. The van der Waals surface area contributed by atoms with Gasteiger partial charge in [0.2, 0.25) is 0 Å². The number of methoxy groups -OCH3 is 1. The van der Waals surface area contributed by atoms with Crippen LogP contribution in [0.2, 0.25) is 0 Å². The Kier molecular flexibility index (Phi) is 6.67. The number of nitrogens with zero attached hydrogens (tertiary/aromatic N) is 1. The number of benzene rings is 1. The smallest absolute Gasteiger partial charge is 0.338 e. The Morgan fingerprint density at radius 1 is 1.39 bits per heavy atom. The molecule has 0 amide bonds. The number of non-ortho nitro benzene ring substituents is 1. The highest BCUT2D eigenvalue weighted by Gasteiger charge is 2.27. The molecule has 8 nitrogen and oxygen atoms in total. The number of aliphatic hydroxyl groups is 2. The first-order valence-electron chi connectivity index (χ1n) is 6.55. The summed E-state index contributed by atoms with van der Waals surface area (Å²) in [6.45, 7) is 2.80. The molecule has 0 aliphatic rings. The van der Waals surface area contributed by atoms with Crippen LogP contribution in [0.25, 0.3) is 0 Å². The number of carbonyl (C=O) groups is 2. The Bertz CT molecular complexity index is 632. The lowest BCUT2D eigenvalue weighted by Crippen LogP contribution is -2.23. The molecular weight excluding hydrogens is 326 g/mol. The maximum Gasteiger partial charge on any atom is 0.338 e. The Balaban J connectivity index is 3.27. The van der Waals surface area contributed by atoms with Gasteiger partial charge >= 0.3 is 5.97 Å². The first-order chi connectivity index (χ1) is 10.7. The molecule has 23 heavy (non-hydrogen) atoms. The average Bonchev–Trinajstić information content (AvgIpc) is 2.50. The quantitative estimate of drug-likeness (QED) is 0.450. The lowest BCUT2D eigenvalue weighted by Gasteiger charge is -2.20. The summed E-state index contributed by atoms with van der Waals surface area (Å²) >= 11 is 0.819. The average molecular weight is 343 g/mol. The molecule has 0 aromatic heterocycles. The molecule has 1 aromatic carbocycles. The van der Waals surface area contributed by atoms with E-state index in [9.17, 15) is 29.9 Å². The number of esters is 1. The third kappa shape index (κ3) is 4.75. The van der Waals surface area contributed by atoms with E-state index in [1.165, 1.54) is 13.8 Å². The zero-order valence-corrected chi connectivity index (χ0v) is 13.6. The number of rotatable bonds is 6. The lowest BCUT2D eigenvalue weighted by atomic mass is 9.95. The number of hydrogen-bond donors (Lipinski definition) is 2. The van der Waals surface area contributed by atoms with Gasteiger partial charge in [-0.15, -0.1) is 0 Å². The Hall–Kier alpha value is -1.97. The van der Waals surface area contributed by atoms with Crippen LogP contribution < -0.4 is 0 Å². The zero-order valence-electron chi connectivity index (χ0n) is 12.8. The predicted octanol–water partition coefficient (Wildman–Crippen LogP) is 1.36. The SMILES string of the molecule is COC(=O)c1cc([N+](=O)[O-])cc(C(O)C(O)CSC(C)=O)c1C. The normalized spacial score (nSPS) is 13.3. The van der Waals surface area contributed by atoms with E-state index in [0.29, 0.717) is 0 Å². The molecule has 1 rings (SSSR count). The molecule has 0 heterocycles. The first-order valence-corrected chi connectivity index (χ1v) is 7.54. The van der Waals surface area contributed by atoms with Gasteiger partial charge in [0.25, 0.3) is 5.69 Å². The number of carbonyl (C=O) groups excluding carboxylic acids is 2. The van der Waals surface area contributed by atoms with Crippen LogP contribution in [-0.2, 0) is 9.53 Å². The predicted molar refractivity (Wildman–Crippen MR) is 83.3 cm³/mol. The standard InChI is InChI=1S/C14H17NO7S/c1-7-10(13(18)12(17)6-23-8(2)16)4-9(15(20)21)5-11(7)14(19)22-3/h4-5,12-13,17-18H,6H2,1-3H3. The van der Waals surface area contributed by atoms with Gasteiger partial charge in [-0.1, -0.05) is 11.8 Å². The van der Waals surface area contributed by atoms with E-state index in [0.717, 1.165) is 31.0 Å². The summed E-state index contributed by atoms with van der Waals surface area (Å²) in [5.41, 5.74) is -0.170. The third-order valence-corrected chi connectivity index (χ3v) is 4.10. The largest absolute Gasteiger partial charge is 0.465 e. The van der Waals surface area contributed by atoms with Gasteiger partial charge in [0.1, 0.15) is 6.10 Å². The van der Waals surface area contributed by atoms with Crippen LogP contribution in [0.3, 0.4) is 0 Å². The fraction of sp³-hybridized carbons (Fsp3) is 0.429. The molecule has 0 saturated heterocycles. The van der Waals surface area contributed by atoms with Crippen LogP contribution in [0.5, 0.6) is 0 Å². The fourth-order valence-electron chi connectivity index (χ4n) is 1.96. The summed E-state index contributed by atoms with van der Waals surface area (Å²) in [4.78, 5) is 32.9. The maximum absolute atomic E-state index is 11.7. The van der Waals surface area contributed by atoms with Crippen molar-refractivity contribution in [1.29, 1.82) is 0 Å². The topological polar surface area (TPSA) is 127 Å². The van der Waals surface area contributed by atoms with Crippen molar-refractivity contribution in [2.75, 3.05) is 12.9 Å². The highest BCUT2D eigenvalue weighted by Crippen LogP contribution is 2.30. The molecule has 0 spiro atoms. The first kappa shape index (κ1) is 19.1. The minimum absolute atomic E-state index is 0.0382. The Morgan fingerprint density at radius 3 is 2.48 bits per heavy atom. The minimum Gasteiger partial charge on any atom is -0.465 e. The molecule has 126 valence electrons. The second-order valence-electron chi connectivity index (χ2n) is 4.77. The molecule has 2 N–H and O–H groups in total. The molecular formula is C14H17NO7S. The van der Waals surface area contributed by atoms with E-state index in [4.69, 9.17) is 0 Å². The number of ether oxygens (including phenoxy) is 1. The number of aliphatic hydroxyl groups excluding tert-OH is 2. The summed E-state index contributed by atoms with van der Waals surface area (Å²) in [5.74, 6) is -0.862. The van der Waals surface area contributed by atoms with Crippen molar-refractivity contribution in [3.8, 4) is 0 Å². The second-order valence-corrected chi connectivity index (χ2v) is 5.97. The third-order valence-electron chi connectivity index (χ3n) is 3.19. The number of nitro groups is 1. The summed E-state index contributed by atoms with van der Waals surface area (Å²) in [6.07, 6.45) is -2.81. The van der Waals surface area contributed by atoms with E-state index in [2.05, 4.69) is 4.74 Å². The van der Waals surface area contributed by atoms with Gasteiger partial charge in [0.15, 0.2) is 5.12 Å². The molecule has 0 aliphatic carbocycles. The van der Waals surface area contributed by atoms with Crippen LogP contribution >= 0.6 is 11.8 Å². The van der Waals surface area contributed by atoms with Crippen molar-refractivity contribution in [2.24, 2.45) is 0 Å². The van der Waals surface area contributed by atoms with Gasteiger partial charge in [-0.05, 0) is 18.1 Å². The Morgan fingerprint density at radius 2 is 2.00 bits per heavy atom. The van der Waals surface area contributed by atoms with Gasteiger partial charge in [-0.2, -0.15) is 0 Å². The van der Waals surface area contributed by atoms with Crippen molar-refractivity contribution in [1.82, 2.24) is 0 Å². The van der Waals surface area contributed by atoms with Crippen molar-refractivity contribution in [3.63, 3.8) is 0 Å². The molecule has 9 heteroatoms. The van der Waals surface area contributed by atoms with Crippen LogP contribution in [0.15, 0.2) is 12.1 Å². The molecule has 0 saturated carbocycles. The molecule has 2 unspecified atom stereocenters. The van der Waals surface area contributed by atoms with E-state index < -0.39 is 28.8 Å². The summed E-state index contributed by atoms with van der Waals surface area (Å²) < 4.78 is 4.57. The van der Waals surface area contributed by atoms with Gasteiger partial charge in [0, 0.05) is 24.8 Å². The van der Waals surface area contributed by atoms with E-state index >= 15 is 0 Å². The molecule has 0 radical (unpaired) electrons. The van der Waals surface area contributed by atoms with E-state index in [-0.39, 0.29) is 27.6 Å². The van der Waals surface area contributed by atoms with Gasteiger partial charge in [0.05, 0.1) is 23.7 Å². The maximum atomic E-state index is 11.7. The molecule has 1 aromatic rings. The number of hydrogen-bond acceptors (Lipinski definition) is 8. The van der Waals surface area contributed by atoms with Crippen LogP contribution in [0.1, 0.15) is 34.5 Å². The van der Waals surface area contributed by atoms with Crippen molar-refractivity contribution < 1.29 is 29.5 Å². The van der Waals surface area contributed by atoms with Crippen LogP contribution in [0.4, 0.5) is 5.69 Å². The van der Waals surface area contributed by atoms with Gasteiger partial charge in [-0.3, -0.25) is 14.9 Å². The monoisotopic (exact) mass is 343 g/mol. The Labute approximate surface area is 136 Å². The van der Waals surface area contributed by atoms with Crippen molar-refractivity contribution in [3.05, 3.63) is 38.9 Å². The van der Waals surface area contributed by atoms with Crippen LogP contribution in [0, 0.1) is 17.0 Å². The number of nitro benzene ring substituents is 1. The van der Waals surface area contributed by atoms with E-state index in [1.54, 1.807) is 0 Å². The van der Waals surface area contributed by atoms with E-state index in [1.807, 2.05) is 0 Å². The van der Waals surface area contributed by atoms with Gasteiger partial charge < -0.3 is 14.9 Å². The van der Waals surface area contributed by atoms with Crippen molar-refractivity contribution >= 4 is 28.5 Å². The lowest BCUT2D eigenvalue weighted by molar-refractivity contribution is -0.385. The molecule has 0 aliphatic heterocycles. The zero-order chi connectivity index (χ0) is 17.7. The van der Waals surface area contributed by atoms with Crippen LogP contribution in [-0.4, -0.2) is 45.2 Å². The minimum atomic E-state index is -1.48. The van der Waals surface area contributed by atoms with Crippen molar-refractivity contribution in [2.45, 2.75) is 26.1 Å². The molecule has 0 fully saturated rings. The second kappa shape index (κ2) is 8.04. The number of thioether (sulfide) groups is 1. The highest BCUT2D eigenvalue weighted by molar-refractivity contribution is 8.13. The summed E-state index contributed by atoms with van der Waals surface area (Å²) in [5, 5.41) is 30.9. The fourth-order valence-corrected chi connectivity index (χ4v) is 2.54.